The Balaban J connectivity index is 1.94. The second kappa shape index (κ2) is 4.33. The molecular weight excluding hydrogens is 174 g/mol. The highest BCUT2D eigenvalue weighted by Crippen LogP contribution is 2.16. The van der Waals surface area contributed by atoms with Crippen LogP contribution in [0.4, 0.5) is 0 Å². The quantitative estimate of drug-likeness (QED) is 0.705. The van der Waals surface area contributed by atoms with Gasteiger partial charge in [0.1, 0.15) is 6.33 Å². The molecule has 0 bridgehead atoms. The summed E-state index contributed by atoms with van der Waals surface area (Å²) in [5, 5.41) is 0. The summed E-state index contributed by atoms with van der Waals surface area (Å²) in [4.78, 5) is 10.3. The van der Waals surface area contributed by atoms with E-state index in [-0.39, 0.29) is 0 Å². The lowest BCUT2D eigenvalue weighted by Gasteiger charge is -2.05. The molecule has 2 heterocycles. The summed E-state index contributed by atoms with van der Waals surface area (Å²) in [6.07, 6.45) is 10.9. The van der Waals surface area contributed by atoms with E-state index in [1.54, 1.807) is 6.33 Å². The topological polar surface area (TPSA) is 29.0 Å². The van der Waals surface area contributed by atoms with Crippen LogP contribution in [0.25, 0.3) is 6.08 Å². The number of aromatic nitrogens is 2. The Kier molecular flexibility index (Phi) is 2.89. The average Bonchev–Trinajstić information content (AvgIpc) is 2.63. The third-order valence-corrected chi connectivity index (χ3v) is 2.57. The SMILES string of the molecule is CN1CC[C@H](/C=C/c2cncnc2)C1. The molecule has 0 aliphatic carbocycles. The van der Waals surface area contributed by atoms with E-state index in [0.717, 1.165) is 5.56 Å². The Morgan fingerprint density at radius 1 is 1.43 bits per heavy atom. The lowest BCUT2D eigenvalue weighted by molar-refractivity contribution is 0.408. The van der Waals surface area contributed by atoms with Crippen molar-refractivity contribution in [2.75, 3.05) is 20.1 Å². The van der Waals surface area contributed by atoms with Crippen LogP contribution in [0.2, 0.25) is 0 Å². The molecule has 0 spiro atoms. The van der Waals surface area contributed by atoms with Crippen molar-refractivity contribution in [2.24, 2.45) is 5.92 Å². The smallest absolute Gasteiger partial charge is 0.115 e. The van der Waals surface area contributed by atoms with Gasteiger partial charge in [-0.1, -0.05) is 12.2 Å². The van der Waals surface area contributed by atoms with Crippen molar-refractivity contribution in [1.29, 1.82) is 0 Å². The molecule has 0 saturated carbocycles. The molecule has 2 rings (SSSR count). The molecule has 0 N–H and O–H groups in total. The third kappa shape index (κ3) is 2.39. The molecule has 1 aliphatic rings. The van der Waals surface area contributed by atoms with E-state index in [9.17, 15) is 0 Å². The van der Waals surface area contributed by atoms with Crippen LogP contribution in [0.3, 0.4) is 0 Å². The Labute approximate surface area is 84.5 Å². The average molecular weight is 189 g/mol. The molecule has 1 aromatic rings. The van der Waals surface area contributed by atoms with Crippen LogP contribution in [-0.2, 0) is 0 Å². The number of likely N-dealkylation sites (tertiary alicyclic amines) is 1. The summed E-state index contributed by atoms with van der Waals surface area (Å²) >= 11 is 0. The molecule has 1 saturated heterocycles. The van der Waals surface area contributed by atoms with E-state index in [4.69, 9.17) is 0 Å². The Bertz CT molecular complexity index is 308. The van der Waals surface area contributed by atoms with Crippen LogP contribution in [0.15, 0.2) is 24.8 Å². The fourth-order valence-electron chi connectivity index (χ4n) is 1.77. The van der Waals surface area contributed by atoms with Gasteiger partial charge >= 0.3 is 0 Å². The molecule has 3 heteroatoms. The van der Waals surface area contributed by atoms with Gasteiger partial charge < -0.3 is 4.90 Å². The van der Waals surface area contributed by atoms with Gasteiger partial charge in [-0.05, 0) is 25.9 Å². The monoisotopic (exact) mass is 189 g/mol. The fourth-order valence-corrected chi connectivity index (χ4v) is 1.77. The molecule has 1 aliphatic heterocycles. The molecule has 1 fully saturated rings. The van der Waals surface area contributed by atoms with Crippen molar-refractivity contribution in [3.8, 4) is 0 Å². The van der Waals surface area contributed by atoms with Gasteiger partial charge in [0.2, 0.25) is 0 Å². The van der Waals surface area contributed by atoms with Crippen LogP contribution in [0, 0.1) is 5.92 Å². The minimum absolute atomic E-state index is 0.695. The Morgan fingerprint density at radius 3 is 2.86 bits per heavy atom. The van der Waals surface area contributed by atoms with Crippen LogP contribution < -0.4 is 0 Å². The maximum absolute atomic E-state index is 3.97. The van der Waals surface area contributed by atoms with Crippen molar-refractivity contribution in [1.82, 2.24) is 14.9 Å². The number of hydrogen-bond acceptors (Lipinski definition) is 3. The largest absolute Gasteiger partial charge is 0.306 e. The Hall–Kier alpha value is -1.22. The molecule has 74 valence electrons. The maximum Gasteiger partial charge on any atom is 0.115 e. The highest BCUT2D eigenvalue weighted by Gasteiger charge is 2.15. The van der Waals surface area contributed by atoms with E-state index in [2.05, 4.69) is 34.1 Å². The van der Waals surface area contributed by atoms with Crippen molar-refractivity contribution in [3.63, 3.8) is 0 Å². The zero-order valence-electron chi connectivity index (χ0n) is 8.43. The summed E-state index contributed by atoms with van der Waals surface area (Å²) in [5.41, 5.74) is 1.09. The van der Waals surface area contributed by atoms with E-state index in [1.165, 1.54) is 19.5 Å². The van der Waals surface area contributed by atoms with Gasteiger partial charge in [0.05, 0.1) is 0 Å². The van der Waals surface area contributed by atoms with Gasteiger partial charge in [0.15, 0.2) is 0 Å². The van der Waals surface area contributed by atoms with Crippen molar-refractivity contribution in [2.45, 2.75) is 6.42 Å². The first-order valence-electron chi connectivity index (χ1n) is 4.96. The molecule has 1 aromatic heterocycles. The highest BCUT2D eigenvalue weighted by molar-refractivity contribution is 5.46. The van der Waals surface area contributed by atoms with Crippen molar-refractivity contribution >= 4 is 6.08 Å². The van der Waals surface area contributed by atoms with Crippen LogP contribution in [-0.4, -0.2) is 35.0 Å². The normalized spacial score (nSPS) is 23.4. The van der Waals surface area contributed by atoms with Gasteiger partial charge in [-0.25, -0.2) is 9.97 Å². The summed E-state index contributed by atoms with van der Waals surface area (Å²) in [6, 6.07) is 0. The van der Waals surface area contributed by atoms with E-state index in [1.807, 2.05) is 12.4 Å². The second-order valence-corrected chi connectivity index (χ2v) is 3.84. The van der Waals surface area contributed by atoms with Gasteiger partial charge in [-0.3, -0.25) is 0 Å². The van der Waals surface area contributed by atoms with Crippen LogP contribution in [0.1, 0.15) is 12.0 Å². The summed E-state index contributed by atoms with van der Waals surface area (Å²) < 4.78 is 0. The van der Waals surface area contributed by atoms with Gasteiger partial charge in [0.25, 0.3) is 0 Å². The first-order chi connectivity index (χ1) is 6.84. The van der Waals surface area contributed by atoms with E-state index >= 15 is 0 Å². The first kappa shape index (κ1) is 9.34. The highest BCUT2D eigenvalue weighted by atomic mass is 15.1. The number of rotatable bonds is 2. The van der Waals surface area contributed by atoms with E-state index < -0.39 is 0 Å². The van der Waals surface area contributed by atoms with Gasteiger partial charge in [-0.15, -0.1) is 0 Å². The number of nitrogens with zero attached hydrogens (tertiary/aromatic N) is 3. The minimum atomic E-state index is 0.695. The predicted octanol–water partition coefficient (Wildman–Crippen LogP) is 1.44. The van der Waals surface area contributed by atoms with Crippen molar-refractivity contribution in [3.05, 3.63) is 30.4 Å². The summed E-state index contributed by atoms with van der Waals surface area (Å²) in [6.45, 7) is 2.38. The molecule has 0 aromatic carbocycles. The molecule has 3 nitrogen and oxygen atoms in total. The van der Waals surface area contributed by atoms with E-state index in [0.29, 0.717) is 5.92 Å². The summed E-state index contributed by atoms with van der Waals surface area (Å²) in [7, 11) is 2.17. The number of hydrogen-bond donors (Lipinski definition) is 0. The fraction of sp³-hybridized carbons (Fsp3) is 0.455. The molecule has 0 amide bonds. The first-order valence-corrected chi connectivity index (χ1v) is 4.96. The van der Waals surface area contributed by atoms with Crippen LogP contribution in [0.5, 0.6) is 0 Å². The summed E-state index contributed by atoms with van der Waals surface area (Å²) in [5.74, 6) is 0.695. The van der Waals surface area contributed by atoms with Crippen molar-refractivity contribution < 1.29 is 0 Å². The lowest BCUT2D eigenvalue weighted by atomic mass is 10.1. The minimum Gasteiger partial charge on any atom is -0.306 e. The Morgan fingerprint density at radius 2 is 2.21 bits per heavy atom. The van der Waals surface area contributed by atoms with Crippen LogP contribution >= 0.6 is 0 Å². The zero-order chi connectivity index (χ0) is 9.80. The lowest BCUT2D eigenvalue weighted by Crippen LogP contribution is -2.13. The zero-order valence-corrected chi connectivity index (χ0v) is 8.43. The predicted molar refractivity (Wildman–Crippen MR) is 56.7 cm³/mol. The standard InChI is InChI=1S/C11H15N3/c1-14-5-4-10(8-14)2-3-11-6-12-9-13-7-11/h2-3,6-7,9-10H,4-5,8H2,1H3/b3-2+/t10-/m0/s1. The van der Waals surface area contributed by atoms with Gasteiger partial charge in [0, 0.05) is 24.5 Å². The molecular formula is C11H15N3. The van der Waals surface area contributed by atoms with Gasteiger partial charge in [-0.2, -0.15) is 0 Å². The second-order valence-electron chi connectivity index (χ2n) is 3.84. The third-order valence-electron chi connectivity index (χ3n) is 2.57. The molecule has 1 atom stereocenters. The molecule has 0 radical (unpaired) electrons. The molecule has 0 unspecified atom stereocenters. The molecule has 14 heavy (non-hydrogen) atoms. The maximum atomic E-state index is 3.97.